The van der Waals surface area contributed by atoms with E-state index in [1.807, 2.05) is 0 Å². The molecule has 3 aromatic rings. The zero-order valence-corrected chi connectivity index (χ0v) is 9.63. The van der Waals surface area contributed by atoms with Crippen LogP contribution < -0.4 is 5.73 Å². The molecular formula is C12H10FN5. The minimum absolute atomic E-state index is 0.274. The number of para-hydroxylation sites is 1. The molecule has 90 valence electrons. The molecule has 0 saturated heterocycles. The van der Waals surface area contributed by atoms with E-state index in [4.69, 9.17) is 5.73 Å². The molecule has 2 N–H and O–H groups in total. The Morgan fingerprint density at radius 2 is 2.00 bits per heavy atom. The molecule has 18 heavy (non-hydrogen) atoms. The minimum atomic E-state index is -0.364. The number of hydrogen-bond acceptors (Lipinski definition) is 4. The summed E-state index contributed by atoms with van der Waals surface area (Å²) in [7, 11) is 1.79. The van der Waals surface area contributed by atoms with Gasteiger partial charge in [0.15, 0.2) is 17.5 Å². The van der Waals surface area contributed by atoms with E-state index >= 15 is 0 Å². The quantitative estimate of drug-likeness (QED) is 0.707. The van der Waals surface area contributed by atoms with Crippen LogP contribution in [0.5, 0.6) is 0 Å². The van der Waals surface area contributed by atoms with Crippen molar-refractivity contribution >= 4 is 16.9 Å². The molecule has 0 atom stereocenters. The summed E-state index contributed by atoms with van der Waals surface area (Å²) in [5.41, 5.74) is 7.21. The molecule has 0 aliphatic carbocycles. The average Bonchev–Trinajstić information content (AvgIpc) is 2.70. The van der Waals surface area contributed by atoms with Gasteiger partial charge < -0.3 is 10.3 Å². The lowest BCUT2D eigenvalue weighted by molar-refractivity contribution is 0.637. The molecule has 3 rings (SSSR count). The van der Waals surface area contributed by atoms with Gasteiger partial charge in [-0.05, 0) is 12.1 Å². The normalized spacial score (nSPS) is 11.0. The molecule has 2 heterocycles. The van der Waals surface area contributed by atoms with Gasteiger partial charge in [-0.2, -0.15) is 0 Å². The summed E-state index contributed by atoms with van der Waals surface area (Å²) in [4.78, 5) is 12.3. The summed E-state index contributed by atoms with van der Waals surface area (Å²) in [6, 6.07) is 4.81. The second kappa shape index (κ2) is 3.76. The molecule has 2 aromatic heterocycles. The summed E-state index contributed by atoms with van der Waals surface area (Å²) in [6.07, 6.45) is 3.03. The van der Waals surface area contributed by atoms with Crippen LogP contribution >= 0.6 is 0 Å². The number of nitrogen functional groups attached to an aromatic ring is 1. The summed E-state index contributed by atoms with van der Waals surface area (Å²) in [5, 5.41) is 0. The first kappa shape index (κ1) is 10.6. The number of nitrogens with two attached hydrogens (primary N) is 1. The van der Waals surface area contributed by atoms with Crippen molar-refractivity contribution in [2.45, 2.75) is 0 Å². The molecule has 0 unspecified atom stereocenters. The van der Waals surface area contributed by atoms with Crippen LogP contribution in [0.15, 0.2) is 30.6 Å². The predicted molar refractivity (Wildman–Crippen MR) is 66.1 cm³/mol. The Labute approximate surface area is 102 Å². The fourth-order valence-electron chi connectivity index (χ4n) is 1.91. The van der Waals surface area contributed by atoms with Crippen LogP contribution in [0.4, 0.5) is 10.2 Å². The highest BCUT2D eigenvalue weighted by molar-refractivity contribution is 5.81. The van der Waals surface area contributed by atoms with Crippen molar-refractivity contribution in [3.05, 3.63) is 36.4 Å². The Balaban J connectivity index is 2.35. The predicted octanol–water partition coefficient (Wildman–Crippen LogP) is 1.75. The van der Waals surface area contributed by atoms with E-state index in [0.29, 0.717) is 22.6 Å². The number of nitrogens with zero attached hydrogens (tertiary/aromatic N) is 4. The number of hydrogen-bond donors (Lipinski definition) is 1. The third-order valence-electron chi connectivity index (χ3n) is 2.80. The van der Waals surface area contributed by atoms with Crippen LogP contribution in [0.2, 0.25) is 0 Å². The molecule has 0 radical (unpaired) electrons. The third kappa shape index (κ3) is 1.42. The monoisotopic (exact) mass is 243 g/mol. The SMILES string of the molecule is Cn1c(-c2nccnc2N)nc2c(F)cccc21. The van der Waals surface area contributed by atoms with E-state index in [1.165, 1.54) is 18.5 Å². The maximum atomic E-state index is 13.7. The summed E-state index contributed by atoms with van der Waals surface area (Å²) < 4.78 is 15.4. The van der Waals surface area contributed by atoms with Crippen molar-refractivity contribution in [2.75, 3.05) is 5.73 Å². The zero-order chi connectivity index (χ0) is 12.7. The number of benzene rings is 1. The number of anilines is 1. The molecule has 6 heteroatoms. The molecule has 0 saturated carbocycles. The Bertz CT molecular complexity index is 734. The first-order valence-corrected chi connectivity index (χ1v) is 5.36. The first-order valence-electron chi connectivity index (χ1n) is 5.36. The Kier molecular flexibility index (Phi) is 2.22. The Hall–Kier alpha value is -2.50. The number of aryl methyl sites for hydroxylation is 1. The van der Waals surface area contributed by atoms with Crippen LogP contribution in [-0.4, -0.2) is 19.5 Å². The second-order valence-corrected chi connectivity index (χ2v) is 3.89. The lowest BCUT2D eigenvalue weighted by Gasteiger charge is -2.03. The minimum Gasteiger partial charge on any atom is -0.382 e. The highest BCUT2D eigenvalue weighted by atomic mass is 19.1. The van der Waals surface area contributed by atoms with Gasteiger partial charge in [0, 0.05) is 19.4 Å². The molecule has 5 nitrogen and oxygen atoms in total. The van der Waals surface area contributed by atoms with Gasteiger partial charge in [-0.15, -0.1) is 0 Å². The molecule has 0 bridgehead atoms. The van der Waals surface area contributed by atoms with Gasteiger partial charge in [-0.25, -0.2) is 19.3 Å². The highest BCUT2D eigenvalue weighted by Crippen LogP contribution is 2.25. The maximum Gasteiger partial charge on any atom is 0.163 e. The largest absolute Gasteiger partial charge is 0.382 e. The maximum absolute atomic E-state index is 13.7. The average molecular weight is 243 g/mol. The Morgan fingerprint density at radius 3 is 2.72 bits per heavy atom. The molecule has 1 aromatic carbocycles. The van der Waals surface area contributed by atoms with Crippen molar-refractivity contribution in [1.29, 1.82) is 0 Å². The van der Waals surface area contributed by atoms with Gasteiger partial charge in [0.25, 0.3) is 0 Å². The van der Waals surface area contributed by atoms with Crippen molar-refractivity contribution < 1.29 is 4.39 Å². The van der Waals surface area contributed by atoms with Gasteiger partial charge in [-0.1, -0.05) is 6.07 Å². The Morgan fingerprint density at radius 1 is 1.22 bits per heavy atom. The lowest BCUT2D eigenvalue weighted by atomic mass is 10.3. The summed E-state index contributed by atoms with van der Waals surface area (Å²) in [5.74, 6) is 0.411. The number of imidazole rings is 1. The van der Waals surface area contributed by atoms with Gasteiger partial charge >= 0.3 is 0 Å². The van der Waals surface area contributed by atoms with Gasteiger partial charge in [-0.3, -0.25) is 0 Å². The van der Waals surface area contributed by atoms with Gasteiger partial charge in [0.2, 0.25) is 0 Å². The van der Waals surface area contributed by atoms with E-state index < -0.39 is 0 Å². The molecule has 0 aliphatic heterocycles. The van der Waals surface area contributed by atoms with Crippen LogP contribution in [-0.2, 0) is 7.05 Å². The van der Waals surface area contributed by atoms with E-state index in [0.717, 1.165) is 0 Å². The number of rotatable bonds is 1. The molecule has 0 aliphatic rings. The van der Waals surface area contributed by atoms with Crippen LogP contribution in [0.3, 0.4) is 0 Å². The fourth-order valence-corrected chi connectivity index (χ4v) is 1.91. The fraction of sp³-hybridized carbons (Fsp3) is 0.0833. The molecule has 0 amide bonds. The first-order chi connectivity index (χ1) is 8.68. The van der Waals surface area contributed by atoms with Crippen molar-refractivity contribution in [2.24, 2.45) is 7.05 Å². The van der Waals surface area contributed by atoms with Crippen molar-refractivity contribution in [3.8, 4) is 11.5 Å². The zero-order valence-electron chi connectivity index (χ0n) is 9.63. The van der Waals surface area contributed by atoms with Crippen molar-refractivity contribution in [1.82, 2.24) is 19.5 Å². The molecular weight excluding hydrogens is 233 g/mol. The number of aromatic nitrogens is 4. The van der Waals surface area contributed by atoms with Crippen LogP contribution in [0.1, 0.15) is 0 Å². The molecule has 0 fully saturated rings. The van der Waals surface area contributed by atoms with Gasteiger partial charge in [0.05, 0.1) is 5.52 Å². The van der Waals surface area contributed by atoms with E-state index in [1.54, 1.807) is 23.7 Å². The smallest absolute Gasteiger partial charge is 0.163 e. The standard InChI is InChI=1S/C12H10FN5/c1-18-8-4-2-3-7(13)9(8)17-12(18)10-11(14)16-6-5-15-10/h2-6H,1H3,(H2,14,16). The molecule has 0 spiro atoms. The lowest BCUT2D eigenvalue weighted by Crippen LogP contribution is -2.00. The number of halogens is 1. The van der Waals surface area contributed by atoms with Crippen LogP contribution in [0.25, 0.3) is 22.6 Å². The van der Waals surface area contributed by atoms with E-state index in [2.05, 4.69) is 15.0 Å². The second-order valence-electron chi connectivity index (χ2n) is 3.89. The number of fused-ring (bicyclic) bond motifs is 1. The van der Waals surface area contributed by atoms with Crippen molar-refractivity contribution in [3.63, 3.8) is 0 Å². The van der Waals surface area contributed by atoms with E-state index in [-0.39, 0.29) is 11.6 Å². The highest BCUT2D eigenvalue weighted by Gasteiger charge is 2.15. The van der Waals surface area contributed by atoms with Crippen LogP contribution in [0, 0.1) is 5.82 Å². The van der Waals surface area contributed by atoms with Gasteiger partial charge in [0.1, 0.15) is 11.2 Å². The summed E-state index contributed by atoms with van der Waals surface area (Å²) in [6.45, 7) is 0. The third-order valence-corrected chi connectivity index (χ3v) is 2.80. The summed E-state index contributed by atoms with van der Waals surface area (Å²) >= 11 is 0. The topological polar surface area (TPSA) is 69.6 Å². The van der Waals surface area contributed by atoms with E-state index in [9.17, 15) is 4.39 Å².